The van der Waals surface area contributed by atoms with E-state index < -0.39 is 5.92 Å². The van der Waals surface area contributed by atoms with Crippen LogP contribution in [0.25, 0.3) is 0 Å². The largest absolute Gasteiger partial charge is 0.481 e. The molecule has 14 heavy (non-hydrogen) atoms. The number of carbonyl (C=O) groups is 1. The fourth-order valence-corrected chi connectivity index (χ4v) is 0.958. The summed E-state index contributed by atoms with van der Waals surface area (Å²) >= 11 is 0. The molecule has 0 aliphatic rings. The molecular formula is C9H18ClNO3. The van der Waals surface area contributed by atoms with Crippen molar-refractivity contribution >= 4 is 24.3 Å². The highest BCUT2D eigenvalue weighted by atomic mass is 35.5. The van der Waals surface area contributed by atoms with Crippen LogP contribution in [0.1, 0.15) is 27.2 Å². The highest BCUT2D eigenvalue weighted by Gasteiger charge is 2.23. The van der Waals surface area contributed by atoms with Crippen LogP contribution in [0.3, 0.4) is 0 Å². The van der Waals surface area contributed by atoms with Crippen LogP contribution < -0.4 is 0 Å². The van der Waals surface area contributed by atoms with Crippen LogP contribution in [-0.2, 0) is 14.3 Å². The van der Waals surface area contributed by atoms with Gasteiger partial charge in [-0.15, -0.1) is 12.4 Å². The maximum Gasteiger partial charge on any atom is 0.318 e. The Morgan fingerprint density at radius 1 is 1.21 bits per heavy atom. The summed E-state index contributed by atoms with van der Waals surface area (Å²) in [5.41, 5.74) is 0. The van der Waals surface area contributed by atoms with Crippen molar-refractivity contribution in [2.75, 3.05) is 13.2 Å². The lowest BCUT2D eigenvalue weighted by Crippen LogP contribution is -2.26. The Kier molecular flexibility index (Phi) is 9.88. The standard InChI is InChI=1S/C9H17NO3.ClH/c1-4-7(8(10)12-5-2)9(11)13-6-3;/h7,10H,4-6H2,1-3H3;1H. The number of halogens is 1. The van der Waals surface area contributed by atoms with Crippen LogP contribution in [0.2, 0.25) is 0 Å². The lowest BCUT2D eigenvalue weighted by molar-refractivity contribution is -0.146. The quantitative estimate of drug-likeness (QED) is 0.441. The van der Waals surface area contributed by atoms with Crippen molar-refractivity contribution in [1.82, 2.24) is 0 Å². The van der Waals surface area contributed by atoms with Crippen molar-refractivity contribution in [2.24, 2.45) is 5.92 Å². The Bertz CT molecular complexity index is 167. The first-order chi connectivity index (χ1) is 6.17. The summed E-state index contributed by atoms with van der Waals surface area (Å²) in [5, 5.41) is 7.43. The predicted molar refractivity (Wildman–Crippen MR) is 57.0 cm³/mol. The van der Waals surface area contributed by atoms with E-state index in [2.05, 4.69) is 0 Å². The van der Waals surface area contributed by atoms with Gasteiger partial charge in [-0.3, -0.25) is 10.2 Å². The second-order valence-electron chi connectivity index (χ2n) is 2.51. The predicted octanol–water partition coefficient (Wildman–Crippen LogP) is 2.01. The number of hydrogen-bond acceptors (Lipinski definition) is 4. The van der Waals surface area contributed by atoms with E-state index in [0.717, 1.165) is 0 Å². The SMILES string of the molecule is CCOC(=N)C(CC)C(=O)OCC.Cl. The minimum atomic E-state index is -0.542. The smallest absolute Gasteiger partial charge is 0.318 e. The third kappa shape index (κ3) is 5.07. The van der Waals surface area contributed by atoms with Crippen LogP contribution in [-0.4, -0.2) is 25.1 Å². The number of carbonyl (C=O) groups excluding carboxylic acids is 1. The van der Waals surface area contributed by atoms with Gasteiger partial charge in [0.15, 0.2) is 5.90 Å². The van der Waals surface area contributed by atoms with Crippen LogP contribution in [0.15, 0.2) is 0 Å². The van der Waals surface area contributed by atoms with Gasteiger partial charge in [-0.1, -0.05) is 6.92 Å². The van der Waals surface area contributed by atoms with E-state index in [1.165, 1.54) is 0 Å². The normalized spacial score (nSPS) is 11.1. The first-order valence-corrected chi connectivity index (χ1v) is 4.55. The van der Waals surface area contributed by atoms with E-state index in [9.17, 15) is 4.79 Å². The first-order valence-electron chi connectivity index (χ1n) is 4.55. The molecule has 0 saturated heterocycles. The van der Waals surface area contributed by atoms with E-state index >= 15 is 0 Å². The van der Waals surface area contributed by atoms with E-state index in [1.807, 2.05) is 6.92 Å². The molecular weight excluding hydrogens is 206 g/mol. The Morgan fingerprint density at radius 2 is 1.71 bits per heavy atom. The van der Waals surface area contributed by atoms with Crippen molar-refractivity contribution in [3.63, 3.8) is 0 Å². The van der Waals surface area contributed by atoms with Gasteiger partial charge in [-0.25, -0.2) is 0 Å². The molecule has 0 radical (unpaired) electrons. The summed E-state index contributed by atoms with van der Waals surface area (Å²) in [6, 6.07) is 0. The number of rotatable bonds is 5. The monoisotopic (exact) mass is 223 g/mol. The van der Waals surface area contributed by atoms with E-state index in [-0.39, 0.29) is 24.3 Å². The third-order valence-electron chi connectivity index (χ3n) is 1.60. The summed E-state index contributed by atoms with van der Waals surface area (Å²) in [5.74, 6) is -0.910. The second-order valence-corrected chi connectivity index (χ2v) is 2.51. The number of nitrogens with one attached hydrogen (secondary N) is 1. The second kappa shape index (κ2) is 8.81. The minimum absolute atomic E-state index is 0. The fraction of sp³-hybridized carbons (Fsp3) is 0.778. The number of ether oxygens (including phenoxy) is 2. The maximum absolute atomic E-state index is 11.2. The molecule has 0 aromatic heterocycles. The summed E-state index contributed by atoms with van der Waals surface area (Å²) < 4.78 is 9.75. The molecule has 0 spiro atoms. The van der Waals surface area contributed by atoms with Crippen molar-refractivity contribution in [2.45, 2.75) is 27.2 Å². The third-order valence-corrected chi connectivity index (χ3v) is 1.60. The van der Waals surface area contributed by atoms with Crippen molar-refractivity contribution in [3.05, 3.63) is 0 Å². The minimum Gasteiger partial charge on any atom is -0.481 e. The van der Waals surface area contributed by atoms with Crippen LogP contribution in [0.5, 0.6) is 0 Å². The van der Waals surface area contributed by atoms with Crippen molar-refractivity contribution in [3.8, 4) is 0 Å². The maximum atomic E-state index is 11.2. The Hall–Kier alpha value is -0.770. The summed E-state index contributed by atoms with van der Waals surface area (Å²) in [4.78, 5) is 11.2. The lowest BCUT2D eigenvalue weighted by atomic mass is 10.1. The molecule has 0 aliphatic heterocycles. The summed E-state index contributed by atoms with van der Waals surface area (Å²) in [6.45, 7) is 6.11. The molecule has 0 amide bonds. The molecule has 0 fully saturated rings. The zero-order valence-electron chi connectivity index (χ0n) is 8.83. The van der Waals surface area contributed by atoms with Gasteiger partial charge in [0.05, 0.1) is 13.2 Å². The molecule has 1 unspecified atom stereocenters. The van der Waals surface area contributed by atoms with Crippen LogP contribution in [0, 0.1) is 11.3 Å². The average Bonchev–Trinajstić information content (AvgIpc) is 2.06. The van der Waals surface area contributed by atoms with Gasteiger partial charge in [-0.2, -0.15) is 0 Å². The van der Waals surface area contributed by atoms with Crippen LogP contribution in [0.4, 0.5) is 0 Å². The molecule has 5 heteroatoms. The van der Waals surface area contributed by atoms with Crippen molar-refractivity contribution in [1.29, 1.82) is 5.41 Å². The number of hydrogen-bond donors (Lipinski definition) is 1. The molecule has 0 aromatic rings. The lowest BCUT2D eigenvalue weighted by Gasteiger charge is -2.14. The number of esters is 1. The van der Waals surface area contributed by atoms with Gasteiger partial charge in [0, 0.05) is 0 Å². The Morgan fingerprint density at radius 3 is 2.07 bits per heavy atom. The molecule has 0 saturated carbocycles. The zero-order chi connectivity index (χ0) is 10.3. The highest BCUT2D eigenvalue weighted by Crippen LogP contribution is 2.08. The van der Waals surface area contributed by atoms with E-state index in [1.54, 1.807) is 13.8 Å². The van der Waals surface area contributed by atoms with Gasteiger partial charge in [0.25, 0.3) is 0 Å². The van der Waals surface area contributed by atoms with E-state index in [0.29, 0.717) is 19.6 Å². The summed E-state index contributed by atoms with van der Waals surface area (Å²) in [7, 11) is 0. The average molecular weight is 224 g/mol. The van der Waals surface area contributed by atoms with Crippen LogP contribution >= 0.6 is 12.4 Å². The topological polar surface area (TPSA) is 59.4 Å². The molecule has 0 aliphatic carbocycles. The van der Waals surface area contributed by atoms with Gasteiger partial charge >= 0.3 is 5.97 Å². The van der Waals surface area contributed by atoms with Gasteiger partial charge < -0.3 is 9.47 Å². The Balaban J connectivity index is 0. The van der Waals surface area contributed by atoms with E-state index in [4.69, 9.17) is 14.9 Å². The van der Waals surface area contributed by atoms with Gasteiger partial charge in [-0.05, 0) is 20.3 Å². The summed E-state index contributed by atoms with van der Waals surface area (Å²) in [6.07, 6.45) is 0.539. The van der Waals surface area contributed by atoms with Gasteiger partial charge in [0.1, 0.15) is 5.92 Å². The zero-order valence-corrected chi connectivity index (χ0v) is 9.65. The molecule has 4 nitrogen and oxygen atoms in total. The first kappa shape index (κ1) is 15.7. The fourth-order valence-electron chi connectivity index (χ4n) is 0.958. The molecule has 0 heterocycles. The molecule has 1 atom stereocenters. The highest BCUT2D eigenvalue weighted by molar-refractivity contribution is 5.96. The molecule has 0 rings (SSSR count). The molecule has 0 aromatic carbocycles. The molecule has 1 N–H and O–H groups in total. The van der Waals surface area contributed by atoms with Crippen molar-refractivity contribution < 1.29 is 14.3 Å². The van der Waals surface area contributed by atoms with Gasteiger partial charge in [0.2, 0.25) is 0 Å². The Labute approximate surface area is 90.9 Å². The molecule has 0 bridgehead atoms. The molecule has 84 valence electrons.